The molecular weight excluding hydrogens is 737 g/mol. The Balaban J connectivity index is 1.11. The molecule has 4 heterocycles. The molecule has 7 rings (SSSR count). The molecule has 0 radical (unpaired) electrons. The number of likely N-dealkylation sites (tertiary alicyclic amines) is 2. The molecule has 306 valence electrons. The van der Waals surface area contributed by atoms with E-state index in [1.54, 1.807) is 7.11 Å². The van der Waals surface area contributed by atoms with Crippen LogP contribution in [0.2, 0.25) is 0 Å². The van der Waals surface area contributed by atoms with E-state index >= 15 is 0 Å². The highest BCUT2D eigenvalue weighted by Crippen LogP contribution is 2.39. The van der Waals surface area contributed by atoms with Crippen LogP contribution in [-0.2, 0) is 28.7 Å². The van der Waals surface area contributed by atoms with E-state index in [0.717, 1.165) is 81.7 Å². The van der Waals surface area contributed by atoms with Crippen molar-refractivity contribution in [2.75, 3.05) is 34.4 Å². The summed E-state index contributed by atoms with van der Waals surface area (Å²) in [5.74, 6) is 0.432. The van der Waals surface area contributed by atoms with Crippen molar-refractivity contribution in [2.45, 2.75) is 78.3 Å². The Labute approximate surface area is 338 Å². The molecule has 3 aromatic carbocycles. The summed E-state index contributed by atoms with van der Waals surface area (Å²) < 4.78 is 15.7. The number of imidazole rings is 2. The summed E-state index contributed by atoms with van der Waals surface area (Å²) in [7, 11) is 4.37. The lowest BCUT2D eigenvalue weighted by atomic mass is 9.91. The maximum Gasteiger partial charge on any atom is 0.306 e. The smallest absolute Gasteiger partial charge is 0.306 e. The zero-order valence-electron chi connectivity index (χ0n) is 34.5. The molecule has 0 aliphatic carbocycles. The third-order valence-corrected chi connectivity index (χ3v) is 12.0. The topological polar surface area (TPSA) is 160 Å². The van der Waals surface area contributed by atoms with Crippen LogP contribution in [0.4, 0.5) is 0 Å². The summed E-state index contributed by atoms with van der Waals surface area (Å²) in [6, 6.07) is 17.9. The first-order chi connectivity index (χ1) is 27.9. The van der Waals surface area contributed by atoms with Gasteiger partial charge < -0.3 is 34.0 Å². The molecule has 13 heteroatoms. The Hall–Kier alpha value is -5.72. The Kier molecular flexibility index (Phi) is 11.9. The SMILES string of the molecule is COC(=O)C[C@H](C(=O)N1CCC[C@H]1c1nc2ccc(-c3ccc(-c4ccc5nc([C@@H]6CCCN6C(=O)[C@@H](CC(=O)OC)C(C)C)[nH]c5c4)c(OC)c3)cc2[nH]1)C(C)C. The van der Waals surface area contributed by atoms with Crippen LogP contribution < -0.4 is 4.74 Å². The molecule has 58 heavy (non-hydrogen) atoms. The summed E-state index contributed by atoms with van der Waals surface area (Å²) >= 11 is 0. The van der Waals surface area contributed by atoms with Crippen LogP contribution in [0, 0.1) is 23.7 Å². The van der Waals surface area contributed by atoms with E-state index in [2.05, 4.69) is 34.2 Å². The first-order valence-electron chi connectivity index (χ1n) is 20.3. The first-order valence-corrected chi connectivity index (χ1v) is 20.3. The molecule has 2 aliphatic rings. The fourth-order valence-corrected chi connectivity index (χ4v) is 8.63. The normalized spacial score (nSPS) is 18.0. The van der Waals surface area contributed by atoms with Crippen LogP contribution in [0.1, 0.15) is 90.0 Å². The molecule has 2 saturated heterocycles. The first kappa shape index (κ1) is 40.5. The number of carbonyl (C=O) groups is 4. The van der Waals surface area contributed by atoms with Gasteiger partial charge in [-0.05, 0) is 84.5 Å². The molecule has 2 aliphatic heterocycles. The predicted molar refractivity (Wildman–Crippen MR) is 220 cm³/mol. The number of rotatable bonds is 13. The number of aromatic nitrogens is 4. The molecule has 4 atom stereocenters. The number of H-pyrrole nitrogens is 2. The second-order valence-corrected chi connectivity index (χ2v) is 16.3. The van der Waals surface area contributed by atoms with Gasteiger partial charge in [-0.25, -0.2) is 9.97 Å². The molecule has 13 nitrogen and oxygen atoms in total. The van der Waals surface area contributed by atoms with Crippen LogP contribution in [0.5, 0.6) is 5.75 Å². The molecule has 2 N–H and O–H groups in total. The lowest BCUT2D eigenvalue weighted by molar-refractivity contribution is -0.148. The third kappa shape index (κ3) is 8.03. The highest BCUT2D eigenvalue weighted by Gasteiger charge is 2.39. The molecule has 0 saturated carbocycles. The average molecular weight is 791 g/mol. The van der Waals surface area contributed by atoms with E-state index < -0.39 is 11.8 Å². The summed E-state index contributed by atoms with van der Waals surface area (Å²) in [5, 5.41) is 0. The van der Waals surface area contributed by atoms with Crippen molar-refractivity contribution >= 4 is 45.8 Å². The summed E-state index contributed by atoms with van der Waals surface area (Å²) in [6.07, 6.45) is 3.42. The van der Waals surface area contributed by atoms with Gasteiger partial charge in [-0.15, -0.1) is 0 Å². The number of esters is 2. The van der Waals surface area contributed by atoms with Crippen molar-refractivity contribution in [3.05, 3.63) is 66.2 Å². The molecule has 2 fully saturated rings. The van der Waals surface area contributed by atoms with Gasteiger partial charge in [-0.2, -0.15) is 0 Å². The number of amides is 2. The van der Waals surface area contributed by atoms with Crippen molar-refractivity contribution in [3.8, 4) is 28.0 Å². The molecule has 0 unspecified atom stereocenters. The van der Waals surface area contributed by atoms with Crippen LogP contribution in [-0.4, -0.2) is 87.9 Å². The van der Waals surface area contributed by atoms with E-state index in [4.69, 9.17) is 24.2 Å². The van der Waals surface area contributed by atoms with Gasteiger partial charge in [0, 0.05) is 18.7 Å². The summed E-state index contributed by atoms with van der Waals surface area (Å²) in [5.41, 5.74) is 7.19. The number of hydrogen-bond donors (Lipinski definition) is 2. The molecule has 0 bridgehead atoms. The second-order valence-electron chi connectivity index (χ2n) is 16.3. The van der Waals surface area contributed by atoms with Crippen LogP contribution in [0.3, 0.4) is 0 Å². The van der Waals surface area contributed by atoms with Crippen molar-refractivity contribution in [3.63, 3.8) is 0 Å². The van der Waals surface area contributed by atoms with Crippen molar-refractivity contribution in [1.82, 2.24) is 29.7 Å². The minimum atomic E-state index is -0.456. The third-order valence-electron chi connectivity index (χ3n) is 12.0. The van der Waals surface area contributed by atoms with Gasteiger partial charge in [0.05, 0.1) is 80.2 Å². The number of benzene rings is 3. The van der Waals surface area contributed by atoms with Gasteiger partial charge in [0.1, 0.15) is 17.4 Å². The number of methoxy groups -OCH3 is 3. The zero-order valence-corrected chi connectivity index (χ0v) is 34.5. The maximum atomic E-state index is 13.7. The number of carbonyl (C=O) groups excluding carboxylic acids is 4. The number of fused-ring (bicyclic) bond motifs is 2. The molecule has 5 aromatic rings. The number of nitrogens with zero attached hydrogens (tertiary/aromatic N) is 4. The lowest BCUT2D eigenvalue weighted by Gasteiger charge is -2.29. The summed E-state index contributed by atoms with van der Waals surface area (Å²) in [4.78, 5) is 72.3. The monoisotopic (exact) mass is 790 g/mol. The molecule has 2 amide bonds. The maximum absolute atomic E-state index is 13.7. The zero-order chi connectivity index (χ0) is 41.2. The number of hydrogen-bond acceptors (Lipinski definition) is 9. The van der Waals surface area contributed by atoms with Gasteiger partial charge in [0.15, 0.2) is 0 Å². The lowest BCUT2D eigenvalue weighted by Crippen LogP contribution is -2.39. The highest BCUT2D eigenvalue weighted by molar-refractivity contribution is 5.88. The predicted octanol–water partition coefficient (Wildman–Crippen LogP) is 7.78. The van der Waals surface area contributed by atoms with Gasteiger partial charge in [-0.3, -0.25) is 19.2 Å². The Morgan fingerprint density at radius 3 is 1.57 bits per heavy atom. The van der Waals surface area contributed by atoms with Crippen molar-refractivity contribution in [1.29, 1.82) is 0 Å². The van der Waals surface area contributed by atoms with E-state index in [1.165, 1.54) is 14.2 Å². The highest BCUT2D eigenvalue weighted by atomic mass is 16.5. The Morgan fingerprint density at radius 2 is 1.10 bits per heavy atom. The van der Waals surface area contributed by atoms with E-state index in [-0.39, 0.29) is 60.5 Å². The average Bonchev–Trinajstić information content (AvgIpc) is 4.05. The number of aromatic amines is 2. The quantitative estimate of drug-likeness (QED) is 0.114. The largest absolute Gasteiger partial charge is 0.496 e. The number of nitrogens with one attached hydrogen (secondary N) is 2. The molecule has 2 aromatic heterocycles. The number of ether oxygens (including phenoxy) is 3. The second kappa shape index (κ2) is 17.0. The Bertz CT molecular complexity index is 2330. The minimum absolute atomic E-state index is 0.00737. The summed E-state index contributed by atoms with van der Waals surface area (Å²) in [6.45, 7) is 9.09. The van der Waals surface area contributed by atoms with Gasteiger partial charge >= 0.3 is 11.9 Å². The molecular formula is C45H54N6O7. The van der Waals surface area contributed by atoms with Crippen molar-refractivity contribution in [2.24, 2.45) is 23.7 Å². The van der Waals surface area contributed by atoms with Crippen LogP contribution in [0.25, 0.3) is 44.3 Å². The fraction of sp³-hybridized carbons (Fsp3) is 0.467. The Morgan fingerprint density at radius 1 is 0.655 bits per heavy atom. The molecule has 0 spiro atoms. The van der Waals surface area contributed by atoms with Gasteiger partial charge in [0.25, 0.3) is 0 Å². The van der Waals surface area contributed by atoms with E-state index in [0.29, 0.717) is 18.8 Å². The van der Waals surface area contributed by atoms with Gasteiger partial charge in [0.2, 0.25) is 11.8 Å². The minimum Gasteiger partial charge on any atom is -0.496 e. The van der Waals surface area contributed by atoms with Crippen LogP contribution in [0.15, 0.2) is 54.6 Å². The van der Waals surface area contributed by atoms with E-state index in [9.17, 15) is 19.2 Å². The van der Waals surface area contributed by atoms with Crippen molar-refractivity contribution < 1.29 is 33.4 Å². The van der Waals surface area contributed by atoms with Gasteiger partial charge in [-0.1, -0.05) is 52.0 Å². The standard InChI is InChI=1S/C45H54N6O7/c1-25(2)31(23-40(52)57-6)44(54)50-18-8-10-37(50)42-46-33-16-13-27(20-35(33)48-42)28-12-15-30(39(22-28)56-5)29-14-17-34-36(21-29)49-43(47-34)38-11-9-19-51(38)45(55)32(26(3)4)24-41(53)58-7/h12-17,20-22,25-26,31-32,37-38H,8-11,18-19,23-24H2,1-7H3,(H,46,48)(H,47,49)/t31-,32-,37-,38-/m0/s1. The van der Waals surface area contributed by atoms with E-state index in [1.807, 2.05) is 67.8 Å². The van der Waals surface area contributed by atoms with Crippen LogP contribution >= 0.6 is 0 Å². The fourth-order valence-electron chi connectivity index (χ4n) is 8.63.